The van der Waals surface area contributed by atoms with Crippen molar-refractivity contribution in [3.63, 3.8) is 0 Å². The average molecular weight is 248 g/mol. The number of nitrogens with one attached hydrogen (secondary N) is 1. The van der Waals surface area contributed by atoms with E-state index < -0.39 is 0 Å². The van der Waals surface area contributed by atoms with Crippen molar-refractivity contribution in [3.05, 3.63) is 11.8 Å². The summed E-state index contributed by atoms with van der Waals surface area (Å²) >= 11 is 0. The highest BCUT2D eigenvalue weighted by Gasteiger charge is 2.36. The number of nitrogens with zero attached hydrogens (tertiary/aromatic N) is 2. The van der Waals surface area contributed by atoms with Crippen LogP contribution in [0.3, 0.4) is 0 Å². The van der Waals surface area contributed by atoms with Gasteiger partial charge in [-0.25, -0.2) is 0 Å². The maximum absolute atomic E-state index is 12.4. The van der Waals surface area contributed by atoms with E-state index in [2.05, 4.69) is 10.2 Å². The Hall–Kier alpha value is -1.52. The maximum Gasteiger partial charge on any atom is 0.272 e. The predicted molar refractivity (Wildman–Crippen MR) is 69.0 cm³/mol. The third-order valence-corrected chi connectivity index (χ3v) is 4.33. The number of aromatic nitrogens is 2. The zero-order chi connectivity index (χ0) is 12.5. The van der Waals surface area contributed by atoms with Crippen LogP contribution >= 0.6 is 0 Å². The van der Waals surface area contributed by atoms with E-state index in [1.165, 1.54) is 25.7 Å². The van der Waals surface area contributed by atoms with E-state index in [0.29, 0.717) is 23.5 Å². The fourth-order valence-corrected chi connectivity index (χ4v) is 3.48. The lowest BCUT2D eigenvalue weighted by Gasteiger charge is -2.29. The summed E-state index contributed by atoms with van der Waals surface area (Å²) in [5.74, 6) is 1.15. The van der Waals surface area contributed by atoms with Crippen LogP contribution in [0.5, 0.6) is 0 Å². The molecule has 2 fully saturated rings. The minimum absolute atomic E-state index is 0.0635. The number of amides is 1. The van der Waals surface area contributed by atoms with Crippen LogP contribution in [-0.2, 0) is 0 Å². The number of anilines is 1. The number of aromatic amines is 1. The summed E-state index contributed by atoms with van der Waals surface area (Å²) in [4.78, 5) is 14.5. The minimum Gasteiger partial charge on any atom is -0.382 e. The van der Waals surface area contributed by atoms with Crippen molar-refractivity contribution in [2.24, 2.45) is 5.92 Å². The lowest BCUT2D eigenvalue weighted by atomic mass is 9.96. The van der Waals surface area contributed by atoms with Gasteiger partial charge in [0.15, 0.2) is 0 Å². The summed E-state index contributed by atoms with van der Waals surface area (Å²) in [6.07, 6.45) is 7.47. The van der Waals surface area contributed by atoms with Gasteiger partial charge in [-0.3, -0.25) is 9.89 Å². The molecule has 18 heavy (non-hydrogen) atoms. The van der Waals surface area contributed by atoms with Crippen molar-refractivity contribution in [2.45, 2.75) is 44.6 Å². The SMILES string of the molecule is Nc1cc(C(=O)N2CCCC2C2CCCC2)[nH]n1. The third kappa shape index (κ3) is 1.98. The molecule has 1 amide bonds. The van der Waals surface area contributed by atoms with Gasteiger partial charge in [-0.1, -0.05) is 12.8 Å². The second-order valence-corrected chi connectivity index (χ2v) is 5.46. The zero-order valence-corrected chi connectivity index (χ0v) is 10.6. The fourth-order valence-electron chi connectivity index (χ4n) is 3.48. The van der Waals surface area contributed by atoms with Gasteiger partial charge in [-0.2, -0.15) is 5.10 Å². The van der Waals surface area contributed by atoms with E-state index in [1.54, 1.807) is 6.07 Å². The standard InChI is InChI=1S/C13H20N4O/c14-12-8-10(15-16-12)13(18)17-7-3-6-11(17)9-4-1-2-5-9/h8-9,11H,1-7H2,(H3,14,15,16). The molecule has 1 atom stereocenters. The van der Waals surface area contributed by atoms with Crippen LogP contribution in [0.25, 0.3) is 0 Å². The number of carbonyl (C=O) groups is 1. The van der Waals surface area contributed by atoms with Crippen molar-refractivity contribution in [2.75, 3.05) is 12.3 Å². The molecule has 0 bridgehead atoms. The molecule has 1 unspecified atom stereocenters. The van der Waals surface area contributed by atoms with Crippen LogP contribution in [0.15, 0.2) is 6.07 Å². The van der Waals surface area contributed by atoms with E-state index in [-0.39, 0.29) is 5.91 Å². The first kappa shape index (κ1) is 11.6. The number of rotatable bonds is 2. The van der Waals surface area contributed by atoms with E-state index in [0.717, 1.165) is 19.4 Å². The molecule has 5 nitrogen and oxygen atoms in total. The van der Waals surface area contributed by atoms with E-state index in [9.17, 15) is 4.79 Å². The number of nitrogens with two attached hydrogens (primary N) is 1. The second-order valence-electron chi connectivity index (χ2n) is 5.46. The lowest BCUT2D eigenvalue weighted by Crippen LogP contribution is -2.39. The van der Waals surface area contributed by atoms with Gasteiger partial charge in [0.1, 0.15) is 11.5 Å². The van der Waals surface area contributed by atoms with Crippen molar-refractivity contribution in [3.8, 4) is 0 Å². The largest absolute Gasteiger partial charge is 0.382 e. The Morgan fingerprint density at radius 2 is 2.11 bits per heavy atom. The molecule has 2 heterocycles. The van der Waals surface area contributed by atoms with Crippen molar-refractivity contribution < 1.29 is 4.79 Å². The predicted octanol–water partition coefficient (Wildman–Crippen LogP) is 1.79. The molecule has 1 saturated heterocycles. The topological polar surface area (TPSA) is 75.0 Å². The first-order valence-corrected chi connectivity index (χ1v) is 6.87. The van der Waals surface area contributed by atoms with Crippen LogP contribution < -0.4 is 5.73 Å². The number of carbonyl (C=O) groups excluding carboxylic acids is 1. The smallest absolute Gasteiger partial charge is 0.272 e. The molecule has 3 N–H and O–H groups in total. The lowest BCUT2D eigenvalue weighted by molar-refractivity contribution is 0.0683. The Morgan fingerprint density at radius 1 is 1.33 bits per heavy atom. The van der Waals surface area contributed by atoms with Gasteiger partial charge in [0, 0.05) is 18.7 Å². The minimum atomic E-state index is 0.0635. The molecule has 0 radical (unpaired) electrons. The van der Waals surface area contributed by atoms with Crippen LogP contribution in [0, 0.1) is 5.92 Å². The van der Waals surface area contributed by atoms with Gasteiger partial charge in [0.25, 0.3) is 5.91 Å². The van der Waals surface area contributed by atoms with E-state index in [1.807, 2.05) is 4.90 Å². The van der Waals surface area contributed by atoms with Crippen LogP contribution in [0.4, 0.5) is 5.82 Å². The maximum atomic E-state index is 12.4. The first-order chi connectivity index (χ1) is 8.75. The molecule has 98 valence electrons. The van der Waals surface area contributed by atoms with E-state index in [4.69, 9.17) is 5.73 Å². The molecule has 1 aromatic heterocycles. The molecule has 5 heteroatoms. The average Bonchev–Trinajstić information content (AvgIpc) is 3.08. The summed E-state index contributed by atoms with van der Waals surface area (Å²) < 4.78 is 0. The highest BCUT2D eigenvalue weighted by Crippen LogP contribution is 2.35. The third-order valence-electron chi connectivity index (χ3n) is 4.33. The van der Waals surface area contributed by atoms with Crippen LogP contribution in [0.1, 0.15) is 49.0 Å². The summed E-state index contributed by atoms with van der Waals surface area (Å²) in [6, 6.07) is 2.07. The summed E-state index contributed by atoms with van der Waals surface area (Å²) in [5.41, 5.74) is 6.08. The Kier molecular flexibility index (Phi) is 2.97. The van der Waals surface area contributed by atoms with Gasteiger partial charge >= 0.3 is 0 Å². The molecule has 1 aliphatic heterocycles. The monoisotopic (exact) mass is 248 g/mol. The number of hydrogen-bond donors (Lipinski definition) is 2. The van der Waals surface area contributed by atoms with Gasteiger partial charge in [-0.05, 0) is 31.6 Å². The number of H-pyrrole nitrogens is 1. The van der Waals surface area contributed by atoms with Gasteiger partial charge in [-0.15, -0.1) is 0 Å². The molecule has 1 aliphatic carbocycles. The number of hydrogen-bond acceptors (Lipinski definition) is 3. The summed E-state index contributed by atoms with van der Waals surface area (Å²) in [7, 11) is 0. The van der Waals surface area contributed by atoms with Crippen molar-refractivity contribution in [1.82, 2.24) is 15.1 Å². The Morgan fingerprint density at radius 3 is 2.78 bits per heavy atom. The molecule has 0 spiro atoms. The van der Waals surface area contributed by atoms with Gasteiger partial charge in [0.05, 0.1) is 0 Å². The molecule has 3 rings (SSSR count). The molecular weight excluding hydrogens is 228 g/mol. The van der Waals surface area contributed by atoms with Gasteiger partial charge in [0.2, 0.25) is 0 Å². The number of likely N-dealkylation sites (tertiary alicyclic amines) is 1. The van der Waals surface area contributed by atoms with Gasteiger partial charge < -0.3 is 10.6 Å². The quantitative estimate of drug-likeness (QED) is 0.837. The normalized spacial score (nSPS) is 24.9. The second kappa shape index (κ2) is 4.63. The van der Waals surface area contributed by atoms with Crippen LogP contribution in [0.2, 0.25) is 0 Å². The zero-order valence-electron chi connectivity index (χ0n) is 10.6. The highest BCUT2D eigenvalue weighted by molar-refractivity contribution is 5.93. The Bertz CT molecular complexity index is 436. The molecule has 2 aliphatic rings. The number of nitrogen functional groups attached to an aromatic ring is 1. The van der Waals surface area contributed by atoms with Crippen molar-refractivity contribution >= 4 is 11.7 Å². The highest BCUT2D eigenvalue weighted by atomic mass is 16.2. The molecule has 1 saturated carbocycles. The first-order valence-electron chi connectivity index (χ1n) is 6.87. The van der Waals surface area contributed by atoms with Crippen LogP contribution in [-0.4, -0.2) is 33.6 Å². The fraction of sp³-hybridized carbons (Fsp3) is 0.692. The summed E-state index contributed by atoms with van der Waals surface area (Å²) in [6.45, 7) is 0.874. The Labute approximate surface area is 107 Å². The van der Waals surface area contributed by atoms with Crippen molar-refractivity contribution in [1.29, 1.82) is 0 Å². The van der Waals surface area contributed by atoms with E-state index >= 15 is 0 Å². The Balaban J connectivity index is 1.75. The molecular formula is C13H20N4O. The summed E-state index contributed by atoms with van der Waals surface area (Å²) in [5, 5.41) is 6.56. The molecule has 1 aromatic rings. The molecule has 0 aromatic carbocycles.